The Kier molecular flexibility index (Phi) is 8.84. The van der Waals surface area contributed by atoms with Crippen LogP contribution in [0, 0.1) is 13.8 Å². The van der Waals surface area contributed by atoms with E-state index in [0.717, 1.165) is 11.1 Å². The van der Waals surface area contributed by atoms with Crippen molar-refractivity contribution < 1.29 is 23.9 Å². The maximum atomic E-state index is 12.4. The highest BCUT2D eigenvalue weighted by atomic mass is 35.5. The first kappa shape index (κ1) is 25.7. The van der Waals surface area contributed by atoms with Crippen molar-refractivity contribution in [1.82, 2.24) is 5.43 Å². The van der Waals surface area contributed by atoms with Crippen LogP contribution in [0.2, 0.25) is 0 Å². The molecule has 31 heavy (non-hydrogen) atoms. The van der Waals surface area contributed by atoms with E-state index in [1.54, 1.807) is 45.9 Å². The first-order chi connectivity index (χ1) is 14.0. The first-order valence-corrected chi connectivity index (χ1v) is 9.19. The quantitative estimate of drug-likeness (QED) is 0.233. The zero-order valence-corrected chi connectivity index (χ0v) is 18.8. The van der Waals surface area contributed by atoms with E-state index in [1.165, 1.54) is 18.2 Å². The molecule has 0 spiro atoms. The molecule has 0 heterocycles. The van der Waals surface area contributed by atoms with Gasteiger partial charge in [-0.1, -0.05) is 12.1 Å². The highest BCUT2D eigenvalue weighted by Gasteiger charge is 2.18. The molecule has 0 aromatic heterocycles. The van der Waals surface area contributed by atoms with Crippen molar-refractivity contribution in [2.75, 3.05) is 10.9 Å². The highest BCUT2D eigenvalue weighted by Crippen LogP contribution is 2.19. The number of hydrazine groups is 2. The Balaban J connectivity index is 0.00000480. The molecule has 0 saturated heterocycles. The number of esters is 2. The van der Waals surface area contributed by atoms with Gasteiger partial charge >= 0.3 is 18.0 Å². The second kappa shape index (κ2) is 10.6. The number of nitrogens with one attached hydrogen (secondary N) is 3. The maximum absolute atomic E-state index is 12.4. The molecule has 0 unspecified atom stereocenters. The number of ether oxygens (including phenoxy) is 2. The second-order valence-corrected chi connectivity index (χ2v) is 7.63. The highest BCUT2D eigenvalue weighted by molar-refractivity contribution is 6.03. The summed E-state index contributed by atoms with van der Waals surface area (Å²) in [5.74, 6) is 3.77. The summed E-state index contributed by atoms with van der Waals surface area (Å²) in [7, 11) is 0. The third-order valence-electron chi connectivity index (χ3n) is 3.99. The van der Waals surface area contributed by atoms with Crippen LogP contribution in [0.5, 0.6) is 0 Å². The molecular formula is C21H27ClN4O5. The number of carbonyl (C=O) groups excluding carboxylic acids is 3. The number of nitrogens with two attached hydrogens (primary N) is 1. The van der Waals surface area contributed by atoms with E-state index in [4.69, 9.17) is 15.3 Å². The molecule has 168 valence electrons. The van der Waals surface area contributed by atoms with Gasteiger partial charge in [-0.2, -0.15) is 0 Å². The minimum absolute atomic E-state index is 0. The van der Waals surface area contributed by atoms with Crippen LogP contribution < -0.4 is 22.1 Å². The summed E-state index contributed by atoms with van der Waals surface area (Å²) in [6.07, 6.45) is -0.672. The first-order valence-electron chi connectivity index (χ1n) is 9.19. The van der Waals surface area contributed by atoms with Crippen molar-refractivity contribution in [2.45, 2.75) is 40.2 Å². The van der Waals surface area contributed by atoms with Gasteiger partial charge in [0.2, 0.25) is 0 Å². The minimum atomic E-state index is -0.830. The van der Waals surface area contributed by atoms with Crippen molar-refractivity contribution in [3.63, 3.8) is 0 Å². The topological polar surface area (TPSA) is 132 Å². The lowest BCUT2D eigenvalue weighted by Crippen LogP contribution is -2.36. The van der Waals surface area contributed by atoms with E-state index in [9.17, 15) is 14.4 Å². The number of aryl methyl sites for hydroxylation is 2. The van der Waals surface area contributed by atoms with E-state index in [2.05, 4.69) is 16.3 Å². The molecule has 0 aliphatic heterocycles. The smallest absolute Gasteiger partial charge is 0.426 e. The summed E-state index contributed by atoms with van der Waals surface area (Å²) < 4.78 is 10.1. The Morgan fingerprint density at radius 2 is 1.35 bits per heavy atom. The molecule has 0 fully saturated rings. The molecule has 2 aromatic rings. The van der Waals surface area contributed by atoms with Gasteiger partial charge < -0.3 is 14.9 Å². The third-order valence-corrected chi connectivity index (χ3v) is 3.99. The van der Waals surface area contributed by atoms with Crippen LogP contribution in [0.25, 0.3) is 0 Å². The molecule has 10 heteroatoms. The molecule has 0 radical (unpaired) electrons. The number of carbonyl (C=O) groups is 3. The Hall–Kier alpha value is -3.30. The molecule has 2 rings (SSSR count). The SMILES string of the molecule is Cc1ccc(C(=O)OC(=O)c2ccc(C)c(NNC(=O)OC(C)(C)C)c2)cc1NN.Cl. The van der Waals surface area contributed by atoms with Gasteiger partial charge in [-0.3, -0.25) is 11.3 Å². The van der Waals surface area contributed by atoms with Crippen LogP contribution in [-0.4, -0.2) is 23.6 Å². The lowest BCUT2D eigenvalue weighted by Gasteiger charge is -2.20. The Labute approximate surface area is 187 Å². The summed E-state index contributed by atoms with van der Waals surface area (Å²) in [6, 6.07) is 9.36. The average molecular weight is 451 g/mol. The molecule has 0 aliphatic rings. The van der Waals surface area contributed by atoms with Gasteiger partial charge in [-0.05, 0) is 70.0 Å². The minimum Gasteiger partial charge on any atom is -0.443 e. The fourth-order valence-electron chi connectivity index (χ4n) is 2.41. The zero-order valence-electron chi connectivity index (χ0n) is 18.0. The summed E-state index contributed by atoms with van der Waals surface area (Å²) in [4.78, 5) is 36.5. The Morgan fingerprint density at radius 3 is 1.84 bits per heavy atom. The van der Waals surface area contributed by atoms with E-state index in [1.807, 2.05) is 6.92 Å². The van der Waals surface area contributed by atoms with Crippen molar-refractivity contribution in [1.29, 1.82) is 0 Å². The maximum Gasteiger partial charge on any atom is 0.426 e. The summed E-state index contributed by atoms with van der Waals surface area (Å²) in [5, 5.41) is 0. The van der Waals surface area contributed by atoms with E-state index < -0.39 is 23.6 Å². The second-order valence-electron chi connectivity index (χ2n) is 7.63. The van der Waals surface area contributed by atoms with Gasteiger partial charge in [0.15, 0.2) is 0 Å². The standard InChI is InChI=1S/C21H26N4O5.ClH/c1-12-6-8-14(10-16(12)23-22)18(26)29-19(27)15-9-7-13(2)17(11-15)24-25-20(28)30-21(3,4)5;/h6-11,23-24H,22H2,1-5H3,(H,25,28);1H. The monoisotopic (exact) mass is 450 g/mol. The molecule has 0 aliphatic carbocycles. The normalized spacial score (nSPS) is 10.4. The van der Waals surface area contributed by atoms with E-state index in [-0.39, 0.29) is 23.5 Å². The molecule has 5 N–H and O–H groups in total. The van der Waals surface area contributed by atoms with Gasteiger partial charge in [0.1, 0.15) is 5.60 Å². The zero-order chi connectivity index (χ0) is 22.5. The third kappa shape index (κ3) is 7.47. The largest absolute Gasteiger partial charge is 0.443 e. The van der Waals surface area contributed by atoms with Crippen molar-refractivity contribution in [3.8, 4) is 0 Å². The Morgan fingerprint density at radius 1 is 0.871 bits per heavy atom. The fourth-order valence-corrected chi connectivity index (χ4v) is 2.41. The fraction of sp³-hybridized carbons (Fsp3) is 0.286. The van der Waals surface area contributed by atoms with E-state index >= 15 is 0 Å². The lowest BCUT2D eigenvalue weighted by molar-refractivity contribution is 0.0396. The predicted octanol–water partition coefficient (Wildman–Crippen LogP) is 3.86. The van der Waals surface area contributed by atoms with Crippen molar-refractivity contribution in [2.24, 2.45) is 5.84 Å². The van der Waals surface area contributed by atoms with Gasteiger partial charge in [0.25, 0.3) is 0 Å². The number of nitrogen functional groups attached to an aromatic ring is 1. The molecule has 0 saturated carbocycles. The molecular weight excluding hydrogens is 424 g/mol. The van der Waals surface area contributed by atoms with E-state index in [0.29, 0.717) is 11.4 Å². The average Bonchev–Trinajstić information content (AvgIpc) is 2.66. The number of hydrogen-bond donors (Lipinski definition) is 4. The lowest BCUT2D eigenvalue weighted by atomic mass is 10.1. The van der Waals surface area contributed by atoms with Crippen LogP contribution in [0.3, 0.4) is 0 Å². The summed E-state index contributed by atoms with van der Waals surface area (Å²) >= 11 is 0. The van der Waals surface area contributed by atoms with Gasteiger partial charge in [0, 0.05) is 0 Å². The molecule has 0 atom stereocenters. The van der Waals surface area contributed by atoms with Crippen LogP contribution in [-0.2, 0) is 9.47 Å². The number of anilines is 2. The number of halogens is 1. The van der Waals surface area contributed by atoms with Crippen LogP contribution in [0.1, 0.15) is 52.6 Å². The number of rotatable bonds is 5. The van der Waals surface area contributed by atoms with Crippen LogP contribution in [0.15, 0.2) is 36.4 Å². The number of hydrogen-bond acceptors (Lipinski definition) is 8. The Bertz CT molecular complexity index is 973. The molecule has 9 nitrogen and oxygen atoms in total. The molecule has 0 bridgehead atoms. The van der Waals surface area contributed by atoms with Crippen LogP contribution in [0.4, 0.5) is 16.2 Å². The van der Waals surface area contributed by atoms with Gasteiger partial charge in [-0.15, -0.1) is 12.4 Å². The van der Waals surface area contributed by atoms with Crippen molar-refractivity contribution >= 4 is 41.8 Å². The van der Waals surface area contributed by atoms with Gasteiger partial charge in [-0.25, -0.2) is 19.8 Å². The molecule has 1 amide bonds. The molecule has 2 aromatic carbocycles. The summed E-state index contributed by atoms with van der Waals surface area (Å²) in [5.41, 5.74) is 9.83. The van der Waals surface area contributed by atoms with Gasteiger partial charge in [0.05, 0.1) is 22.5 Å². The number of benzene rings is 2. The number of amides is 1. The summed E-state index contributed by atoms with van der Waals surface area (Å²) in [6.45, 7) is 8.83. The van der Waals surface area contributed by atoms with Crippen molar-refractivity contribution in [3.05, 3.63) is 58.7 Å². The predicted molar refractivity (Wildman–Crippen MR) is 120 cm³/mol. The van der Waals surface area contributed by atoms with Crippen LogP contribution >= 0.6 is 12.4 Å².